The fourth-order valence-electron chi connectivity index (χ4n) is 3.04. The first-order chi connectivity index (χ1) is 12.7. The zero-order chi connectivity index (χ0) is 18.1. The highest BCUT2D eigenvalue weighted by Crippen LogP contribution is 2.33. The van der Waals surface area contributed by atoms with Gasteiger partial charge in [-0.25, -0.2) is 9.97 Å². The Balaban J connectivity index is 1.68. The van der Waals surface area contributed by atoms with Gasteiger partial charge in [0, 0.05) is 32.7 Å². The Morgan fingerprint density at radius 1 is 1.23 bits per heavy atom. The molecule has 1 saturated heterocycles. The number of anilines is 1. The highest BCUT2D eigenvalue weighted by molar-refractivity contribution is 7.17. The molecule has 0 aliphatic carbocycles. The van der Waals surface area contributed by atoms with Crippen LogP contribution in [0, 0.1) is 10.1 Å². The zero-order valence-electron chi connectivity index (χ0n) is 13.9. The number of rotatable bonds is 5. The number of aliphatic hydroxyl groups is 1. The molecule has 9 nitrogen and oxygen atoms in total. The fourth-order valence-corrected chi connectivity index (χ4v) is 3.89. The molecule has 0 unspecified atom stereocenters. The number of β-amino-alcohol motifs (C(OH)–C–C–N with tert-alkyl or cyclic N) is 1. The van der Waals surface area contributed by atoms with Crippen molar-refractivity contribution in [3.63, 3.8) is 0 Å². The average Bonchev–Trinajstić information content (AvgIpc) is 3.31. The monoisotopic (exact) mass is 375 g/mol. The minimum absolute atomic E-state index is 0.157. The fraction of sp³-hybridized carbons (Fsp3) is 0.375. The van der Waals surface area contributed by atoms with E-state index in [1.807, 2.05) is 11.4 Å². The summed E-state index contributed by atoms with van der Waals surface area (Å²) in [5, 5.41) is 21.9. The third-order valence-corrected chi connectivity index (χ3v) is 5.27. The van der Waals surface area contributed by atoms with Crippen molar-refractivity contribution in [1.82, 2.24) is 14.9 Å². The Labute approximate surface area is 152 Å². The van der Waals surface area contributed by atoms with Crippen LogP contribution in [0.3, 0.4) is 0 Å². The summed E-state index contributed by atoms with van der Waals surface area (Å²) < 4.78 is 6.26. The second-order valence-electron chi connectivity index (χ2n) is 5.95. The minimum Gasteiger partial charge on any atom is -0.397 e. The van der Waals surface area contributed by atoms with Crippen LogP contribution >= 0.6 is 11.3 Å². The van der Waals surface area contributed by atoms with Crippen LogP contribution < -0.4 is 4.90 Å². The van der Waals surface area contributed by atoms with Gasteiger partial charge in [-0.15, -0.1) is 11.3 Å². The molecule has 1 aliphatic heterocycles. The van der Waals surface area contributed by atoms with Gasteiger partial charge in [0.2, 0.25) is 0 Å². The largest absolute Gasteiger partial charge is 0.433 e. The van der Waals surface area contributed by atoms with Crippen molar-refractivity contribution >= 4 is 33.3 Å². The first-order valence-corrected chi connectivity index (χ1v) is 9.11. The maximum atomic E-state index is 10.9. The summed E-state index contributed by atoms with van der Waals surface area (Å²) in [6, 6.07) is 4.74. The van der Waals surface area contributed by atoms with E-state index >= 15 is 0 Å². The highest BCUT2D eigenvalue weighted by atomic mass is 32.1. The molecule has 3 aromatic rings. The predicted octanol–water partition coefficient (Wildman–Crippen LogP) is 1.97. The van der Waals surface area contributed by atoms with Crippen molar-refractivity contribution in [3.05, 3.63) is 33.7 Å². The van der Waals surface area contributed by atoms with Gasteiger partial charge in [0.1, 0.15) is 4.92 Å². The van der Waals surface area contributed by atoms with Crippen molar-refractivity contribution in [2.45, 2.75) is 0 Å². The molecule has 0 spiro atoms. The lowest BCUT2D eigenvalue weighted by Crippen LogP contribution is -2.47. The van der Waals surface area contributed by atoms with Crippen LogP contribution in [0.25, 0.3) is 21.8 Å². The quantitative estimate of drug-likeness (QED) is 0.533. The summed E-state index contributed by atoms with van der Waals surface area (Å²) in [6.45, 7) is 4.11. The normalized spacial score (nSPS) is 15.7. The molecule has 26 heavy (non-hydrogen) atoms. The standard InChI is InChI=1S/C16H17N5O4S/c22-9-8-19-4-6-20(7-5-19)16-14-11(3-10-26-14)17-15(18-16)12-1-2-13(25-12)21(23)24/h1-3,10,22H,4-9H2. The summed E-state index contributed by atoms with van der Waals surface area (Å²) in [7, 11) is 0. The summed E-state index contributed by atoms with van der Waals surface area (Å²) in [5.41, 5.74) is 0.798. The summed E-state index contributed by atoms with van der Waals surface area (Å²) in [4.78, 5) is 23.8. The van der Waals surface area contributed by atoms with Crippen LogP contribution in [0.2, 0.25) is 0 Å². The van der Waals surface area contributed by atoms with Crippen molar-refractivity contribution in [3.8, 4) is 11.6 Å². The summed E-state index contributed by atoms with van der Waals surface area (Å²) >= 11 is 1.57. The van der Waals surface area contributed by atoms with Gasteiger partial charge in [-0.05, 0) is 17.5 Å². The number of thiophene rings is 1. The second kappa shape index (κ2) is 6.98. The molecule has 0 radical (unpaired) electrons. The SMILES string of the molecule is O=[N+]([O-])c1ccc(-c2nc(N3CCN(CCO)CC3)c3sccc3n2)o1. The van der Waals surface area contributed by atoms with E-state index in [0.717, 1.165) is 42.2 Å². The highest BCUT2D eigenvalue weighted by Gasteiger charge is 2.23. The number of hydrogen-bond acceptors (Lipinski definition) is 9. The second-order valence-corrected chi connectivity index (χ2v) is 6.87. The van der Waals surface area contributed by atoms with Crippen LogP contribution in [0.5, 0.6) is 0 Å². The molecule has 0 bridgehead atoms. The number of aromatic nitrogens is 2. The lowest BCUT2D eigenvalue weighted by atomic mass is 10.3. The summed E-state index contributed by atoms with van der Waals surface area (Å²) in [5.74, 6) is 1.12. The smallest absolute Gasteiger partial charge is 0.397 e. The third kappa shape index (κ3) is 3.14. The Morgan fingerprint density at radius 2 is 2.04 bits per heavy atom. The van der Waals surface area contributed by atoms with Crippen molar-refractivity contribution < 1.29 is 14.4 Å². The van der Waals surface area contributed by atoms with Gasteiger partial charge >= 0.3 is 5.88 Å². The lowest BCUT2D eigenvalue weighted by molar-refractivity contribution is -0.401. The number of hydrogen-bond donors (Lipinski definition) is 1. The van der Waals surface area contributed by atoms with Crippen LogP contribution in [-0.2, 0) is 0 Å². The summed E-state index contributed by atoms with van der Waals surface area (Å²) in [6.07, 6.45) is 0. The molecule has 0 saturated carbocycles. The predicted molar refractivity (Wildman–Crippen MR) is 97.5 cm³/mol. The van der Waals surface area contributed by atoms with E-state index in [-0.39, 0.29) is 18.3 Å². The molecule has 136 valence electrons. The zero-order valence-corrected chi connectivity index (χ0v) is 14.7. The number of nitrogens with zero attached hydrogens (tertiary/aromatic N) is 5. The molecule has 1 N–H and O–H groups in total. The molecule has 0 amide bonds. The number of nitro groups is 1. The Morgan fingerprint density at radius 3 is 2.73 bits per heavy atom. The minimum atomic E-state index is -0.575. The Kier molecular flexibility index (Phi) is 4.53. The van der Waals surface area contributed by atoms with E-state index < -0.39 is 4.92 Å². The lowest BCUT2D eigenvalue weighted by Gasteiger charge is -2.35. The van der Waals surface area contributed by atoms with Gasteiger partial charge in [-0.3, -0.25) is 15.0 Å². The molecule has 4 heterocycles. The molecule has 1 aliphatic rings. The van der Waals surface area contributed by atoms with Crippen LogP contribution in [0.15, 0.2) is 28.0 Å². The van der Waals surface area contributed by atoms with Gasteiger partial charge in [0.25, 0.3) is 0 Å². The van der Waals surface area contributed by atoms with Gasteiger partial charge in [0.05, 0.1) is 22.9 Å². The maximum Gasteiger partial charge on any atom is 0.433 e. The number of furan rings is 1. The van der Waals surface area contributed by atoms with Gasteiger partial charge in [-0.2, -0.15) is 0 Å². The Bertz CT molecular complexity index is 932. The molecule has 0 aromatic carbocycles. The van der Waals surface area contributed by atoms with E-state index in [9.17, 15) is 10.1 Å². The number of aliphatic hydroxyl groups excluding tert-OH is 1. The van der Waals surface area contributed by atoms with Gasteiger partial charge in [-0.1, -0.05) is 0 Å². The van der Waals surface area contributed by atoms with E-state index in [0.29, 0.717) is 12.4 Å². The first-order valence-electron chi connectivity index (χ1n) is 8.23. The molecule has 3 aromatic heterocycles. The van der Waals surface area contributed by atoms with Gasteiger partial charge < -0.3 is 14.4 Å². The number of fused-ring (bicyclic) bond motifs is 1. The average molecular weight is 375 g/mol. The van der Waals surface area contributed by atoms with E-state index in [4.69, 9.17) is 9.52 Å². The van der Waals surface area contributed by atoms with Crippen molar-refractivity contribution in [1.29, 1.82) is 0 Å². The maximum absolute atomic E-state index is 10.9. The Hall–Kier alpha value is -2.56. The van der Waals surface area contributed by atoms with Gasteiger partial charge in [0.15, 0.2) is 17.4 Å². The van der Waals surface area contributed by atoms with E-state index in [1.54, 1.807) is 11.3 Å². The molecule has 0 atom stereocenters. The molecule has 1 fully saturated rings. The van der Waals surface area contributed by atoms with E-state index in [1.165, 1.54) is 12.1 Å². The van der Waals surface area contributed by atoms with Crippen LogP contribution in [0.4, 0.5) is 11.7 Å². The number of piperazine rings is 1. The molecule has 4 rings (SSSR count). The molecular formula is C16H17N5O4S. The van der Waals surface area contributed by atoms with Crippen LogP contribution in [0.1, 0.15) is 0 Å². The molecule has 10 heteroatoms. The van der Waals surface area contributed by atoms with Crippen LogP contribution in [-0.4, -0.2) is 64.2 Å². The first kappa shape index (κ1) is 16.9. The van der Waals surface area contributed by atoms with Crippen molar-refractivity contribution in [2.75, 3.05) is 44.2 Å². The third-order valence-electron chi connectivity index (χ3n) is 4.37. The topological polar surface area (TPSA) is 109 Å². The van der Waals surface area contributed by atoms with Crippen molar-refractivity contribution in [2.24, 2.45) is 0 Å². The molecular weight excluding hydrogens is 358 g/mol. The van der Waals surface area contributed by atoms with E-state index in [2.05, 4.69) is 19.8 Å².